The molecule has 0 unspecified atom stereocenters. The highest BCUT2D eigenvalue weighted by molar-refractivity contribution is 8.16. The van der Waals surface area contributed by atoms with Gasteiger partial charge in [0.15, 0.2) is 5.17 Å². The number of likely N-dealkylation sites (tertiary alicyclic amines) is 1. The number of hydrogen-bond acceptors (Lipinski definition) is 5. The molecule has 5 nitrogen and oxygen atoms in total. The van der Waals surface area contributed by atoms with Crippen molar-refractivity contribution in [3.05, 3.63) is 47.0 Å². The minimum Gasteiger partial charge on any atom is -0.353 e. The van der Waals surface area contributed by atoms with Gasteiger partial charge < -0.3 is 10.2 Å². The number of benzene rings is 1. The molecule has 132 valence electrons. The number of carbonyl (C=O) groups is 1. The SMILES string of the molecule is O=C(CC1=CSC2=NCCN12)NC1CCN(Cc2ccccc2)CC1. The summed E-state index contributed by atoms with van der Waals surface area (Å²) >= 11 is 1.64. The molecule has 1 saturated heterocycles. The molecule has 6 heteroatoms. The lowest BCUT2D eigenvalue weighted by molar-refractivity contribution is -0.121. The van der Waals surface area contributed by atoms with Gasteiger partial charge in [0.25, 0.3) is 0 Å². The van der Waals surface area contributed by atoms with Gasteiger partial charge in [0.2, 0.25) is 5.91 Å². The van der Waals surface area contributed by atoms with Crippen LogP contribution < -0.4 is 5.32 Å². The van der Waals surface area contributed by atoms with E-state index in [1.807, 2.05) is 0 Å². The van der Waals surface area contributed by atoms with Gasteiger partial charge in [-0.25, -0.2) is 0 Å². The van der Waals surface area contributed by atoms with Gasteiger partial charge in [-0.1, -0.05) is 42.1 Å². The van der Waals surface area contributed by atoms with Crippen molar-refractivity contribution in [3.63, 3.8) is 0 Å². The smallest absolute Gasteiger partial charge is 0.226 e. The van der Waals surface area contributed by atoms with E-state index in [0.29, 0.717) is 12.5 Å². The van der Waals surface area contributed by atoms with E-state index in [-0.39, 0.29) is 5.91 Å². The molecule has 4 rings (SSSR count). The second-order valence-corrected chi connectivity index (χ2v) is 7.66. The number of carbonyl (C=O) groups excluding carboxylic acids is 1. The van der Waals surface area contributed by atoms with Crippen molar-refractivity contribution in [1.29, 1.82) is 0 Å². The Morgan fingerprint density at radius 3 is 2.80 bits per heavy atom. The predicted molar refractivity (Wildman–Crippen MR) is 102 cm³/mol. The monoisotopic (exact) mass is 356 g/mol. The van der Waals surface area contributed by atoms with Crippen LogP contribution in [-0.2, 0) is 11.3 Å². The molecule has 0 spiro atoms. The number of amides is 1. The number of amidine groups is 1. The molecule has 1 fully saturated rings. The van der Waals surface area contributed by atoms with Crippen molar-refractivity contribution in [2.75, 3.05) is 26.2 Å². The van der Waals surface area contributed by atoms with Crippen molar-refractivity contribution < 1.29 is 4.79 Å². The fourth-order valence-electron chi connectivity index (χ4n) is 3.64. The topological polar surface area (TPSA) is 47.9 Å². The zero-order valence-electron chi connectivity index (χ0n) is 14.4. The van der Waals surface area contributed by atoms with Crippen LogP contribution in [0.25, 0.3) is 0 Å². The van der Waals surface area contributed by atoms with Crippen LogP contribution in [0, 0.1) is 0 Å². The average molecular weight is 356 g/mol. The van der Waals surface area contributed by atoms with Gasteiger partial charge >= 0.3 is 0 Å². The van der Waals surface area contributed by atoms with Gasteiger partial charge in [0, 0.05) is 37.9 Å². The Kier molecular flexibility index (Phi) is 5.08. The highest BCUT2D eigenvalue weighted by Crippen LogP contribution is 2.30. The van der Waals surface area contributed by atoms with Gasteiger partial charge in [0.1, 0.15) is 0 Å². The fraction of sp³-hybridized carbons (Fsp3) is 0.474. The first-order valence-electron chi connectivity index (χ1n) is 9.01. The minimum atomic E-state index is 0.140. The van der Waals surface area contributed by atoms with Crippen LogP contribution in [0.5, 0.6) is 0 Å². The molecule has 1 aromatic rings. The van der Waals surface area contributed by atoms with Crippen LogP contribution >= 0.6 is 11.8 Å². The summed E-state index contributed by atoms with van der Waals surface area (Å²) in [5.41, 5.74) is 2.46. The maximum atomic E-state index is 12.4. The third-order valence-electron chi connectivity index (χ3n) is 4.99. The molecule has 0 aliphatic carbocycles. The molecule has 0 radical (unpaired) electrons. The summed E-state index contributed by atoms with van der Waals surface area (Å²) in [4.78, 5) is 21.5. The fourth-order valence-corrected chi connectivity index (χ4v) is 4.59. The molecule has 1 N–H and O–H groups in total. The van der Waals surface area contributed by atoms with Crippen molar-refractivity contribution in [2.24, 2.45) is 4.99 Å². The van der Waals surface area contributed by atoms with Crippen LogP contribution in [0.4, 0.5) is 0 Å². The molecule has 0 aromatic heterocycles. The lowest BCUT2D eigenvalue weighted by Crippen LogP contribution is -2.44. The zero-order valence-corrected chi connectivity index (χ0v) is 15.2. The van der Waals surface area contributed by atoms with E-state index in [1.54, 1.807) is 11.8 Å². The summed E-state index contributed by atoms with van der Waals surface area (Å²) in [6, 6.07) is 10.9. The van der Waals surface area contributed by atoms with Crippen LogP contribution in [0.3, 0.4) is 0 Å². The van der Waals surface area contributed by atoms with Crippen LogP contribution in [0.1, 0.15) is 24.8 Å². The number of aliphatic imine (C=N–C) groups is 1. The normalized spacial score (nSPS) is 21.0. The average Bonchev–Trinajstić information content (AvgIpc) is 3.23. The van der Waals surface area contributed by atoms with Gasteiger partial charge in [-0.3, -0.25) is 14.7 Å². The van der Waals surface area contributed by atoms with Gasteiger partial charge in [0.05, 0.1) is 13.0 Å². The van der Waals surface area contributed by atoms with Crippen molar-refractivity contribution >= 4 is 22.8 Å². The molecule has 0 atom stereocenters. The van der Waals surface area contributed by atoms with Crippen molar-refractivity contribution in [2.45, 2.75) is 31.8 Å². The van der Waals surface area contributed by atoms with E-state index >= 15 is 0 Å². The van der Waals surface area contributed by atoms with E-state index in [0.717, 1.165) is 56.4 Å². The maximum Gasteiger partial charge on any atom is 0.226 e. The summed E-state index contributed by atoms with van der Waals surface area (Å²) in [6.45, 7) is 4.85. The number of piperidine rings is 1. The van der Waals surface area contributed by atoms with E-state index in [4.69, 9.17) is 0 Å². The number of hydrogen-bond donors (Lipinski definition) is 1. The Labute approximate surface area is 153 Å². The highest BCUT2D eigenvalue weighted by Gasteiger charge is 2.28. The minimum absolute atomic E-state index is 0.140. The molecule has 25 heavy (non-hydrogen) atoms. The standard InChI is InChI=1S/C19H24N4OS/c24-18(12-17-14-25-19-20-8-11-23(17)19)21-16-6-9-22(10-7-16)13-15-4-2-1-3-5-15/h1-5,14,16H,6-13H2,(H,21,24). The number of rotatable bonds is 5. The summed E-state index contributed by atoms with van der Waals surface area (Å²) < 4.78 is 0. The van der Waals surface area contributed by atoms with Crippen LogP contribution in [0.2, 0.25) is 0 Å². The van der Waals surface area contributed by atoms with Crippen molar-refractivity contribution in [3.8, 4) is 0 Å². The zero-order chi connectivity index (χ0) is 17.1. The second-order valence-electron chi connectivity index (χ2n) is 6.82. The predicted octanol–water partition coefficient (Wildman–Crippen LogP) is 2.42. The number of nitrogens with one attached hydrogen (secondary N) is 1. The molecule has 1 aromatic carbocycles. The van der Waals surface area contributed by atoms with Crippen molar-refractivity contribution in [1.82, 2.24) is 15.1 Å². The summed E-state index contributed by atoms with van der Waals surface area (Å²) in [5, 5.41) is 6.35. The van der Waals surface area contributed by atoms with E-state index < -0.39 is 0 Å². The Bertz CT molecular complexity index is 680. The van der Waals surface area contributed by atoms with Gasteiger partial charge in [-0.05, 0) is 23.8 Å². The van der Waals surface area contributed by atoms with Gasteiger partial charge in [-0.2, -0.15) is 0 Å². The van der Waals surface area contributed by atoms with Gasteiger partial charge in [-0.15, -0.1) is 0 Å². The summed E-state index contributed by atoms with van der Waals surface area (Å²) in [6.07, 6.45) is 2.53. The third kappa shape index (κ3) is 4.07. The summed E-state index contributed by atoms with van der Waals surface area (Å²) in [5.74, 6) is 0.140. The second kappa shape index (κ2) is 7.62. The number of fused-ring (bicyclic) bond motifs is 1. The Morgan fingerprint density at radius 1 is 1.20 bits per heavy atom. The highest BCUT2D eigenvalue weighted by atomic mass is 32.2. The first-order chi connectivity index (χ1) is 12.3. The van der Waals surface area contributed by atoms with Crippen LogP contribution in [-0.4, -0.2) is 53.1 Å². The lowest BCUT2D eigenvalue weighted by Gasteiger charge is -2.32. The van der Waals surface area contributed by atoms with E-state index in [2.05, 4.69) is 55.8 Å². The third-order valence-corrected chi connectivity index (χ3v) is 5.94. The first kappa shape index (κ1) is 16.7. The van der Waals surface area contributed by atoms with E-state index in [1.165, 1.54) is 5.56 Å². The van der Waals surface area contributed by atoms with Crippen LogP contribution in [0.15, 0.2) is 46.4 Å². The Hall–Kier alpha value is -1.79. The molecule has 1 amide bonds. The Morgan fingerprint density at radius 2 is 2.00 bits per heavy atom. The molecule has 3 heterocycles. The first-order valence-corrected chi connectivity index (χ1v) is 9.89. The molecule has 0 bridgehead atoms. The largest absolute Gasteiger partial charge is 0.353 e. The maximum absolute atomic E-state index is 12.4. The molecule has 0 saturated carbocycles. The Balaban J connectivity index is 1.21. The molecule has 3 aliphatic rings. The number of thioether (sulfide) groups is 1. The molecular weight excluding hydrogens is 332 g/mol. The number of nitrogens with zero attached hydrogens (tertiary/aromatic N) is 3. The summed E-state index contributed by atoms with van der Waals surface area (Å²) in [7, 11) is 0. The molecular formula is C19H24N4OS. The lowest BCUT2D eigenvalue weighted by atomic mass is 10.0. The molecule has 3 aliphatic heterocycles. The quantitative estimate of drug-likeness (QED) is 0.880. The van der Waals surface area contributed by atoms with E-state index in [9.17, 15) is 4.79 Å².